The van der Waals surface area contributed by atoms with Crippen LogP contribution < -0.4 is 0 Å². The van der Waals surface area contributed by atoms with Crippen molar-refractivity contribution in [1.82, 2.24) is 10.1 Å². The highest BCUT2D eigenvalue weighted by Gasteiger charge is 2.28. The van der Waals surface area contributed by atoms with E-state index in [0.717, 1.165) is 24.5 Å². The third-order valence-corrected chi connectivity index (χ3v) is 4.22. The number of nitrogens with zero attached hydrogens (tertiary/aromatic N) is 2. The first-order valence-corrected chi connectivity index (χ1v) is 7.37. The molecule has 0 saturated carbocycles. The minimum atomic E-state index is 0.410. The highest BCUT2D eigenvalue weighted by atomic mass is 16.5. The van der Waals surface area contributed by atoms with E-state index in [1.807, 2.05) is 6.92 Å². The van der Waals surface area contributed by atoms with E-state index in [9.17, 15) is 0 Å². The maximum atomic E-state index is 5.24. The molecular weight excluding hydrogens is 248 g/mol. The van der Waals surface area contributed by atoms with E-state index in [0.29, 0.717) is 6.04 Å². The van der Waals surface area contributed by atoms with Crippen molar-refractivity contribution in [3.05, 3.63) is 52.4 Å². The zero-order chi connectivity index (χ0) is 14.1. The fourth-order valence-electron chi connectivity index (χ4n) is 3.14. The Kier molecular flexibility index (Phi) is 3.62. The van der Waals surface area contributed by atoms with Crippen molar-refractivity contribution in [2.24, 2.45) is 0 Å². The zero-order valence-electron chi connectivity index (χ0n) is 12.5. The summed E-state index contributed by atoms with van der Waals surface area (Å²) >= 11 is 0. The van der Waals surface area contributed by atoms with E-state index in [1.54, 1.807) is 0 Å². The topological polar surface area (TPSA) is 29.3 Å². The molecule has 1 aliphatic rings. The smallest absolute Gasteiger partial charge is 0.133 e. The molecular formula is C17H22N2O. The van der Waals surface area contributed by atoms with Crippen molar-refractivity contribution >= 4 is 0 Å². The van der Waals surface area contributed by atoms with Gasteiger partial charge in [0.1, 0.15) is 11.5 Å². The fourth-order valence-corrected chi connectivity index (χ4v) is 3.14. The molecule has 1 unspecified atom stereocenters. The van der Waals surface area contributed by atoms with Gasteiger partial charge in [0, 0.05) is 12.6 Å². The van der Waals surface area contributed by atoms with Crippen LogP contribution in [-0.2, 0) is 6.54 Å². The molecule has 1 aliphatic heterocycles. The molecule has 0 spiro atoms. The molecule has 0 amide bonds. The molecule has 1 atom stereocenters. The second-order valence-corrected chi connectivity index (χ2v) is 5.92. The summed E-state index contributed by atoms with van der Waals surface area (Å²) in [6.45, 7) is 8.45. The molecule has 1 aromatic heterocycles. The molecule has 0 aliphatic carbocycles. The van der Waals surface area contributed by atoms with Gasteiger partial charge in [-0.1, -0.05) is 28.9 Å². The van der Waals surface area contributed by atoms with E-state index in [-0.39, 0.29) is 0 Å². The van der Waals surface area contributed by atoms with Crippen LogP contribution in [0.3, 0.4) is 0 Å². The van der Waals surface area contributed by atoms with E-state index in [1.165, 1.54) is 29.5 Å². The van der Waals surface area contributed by atoms with Crippen LogP contribution in [0.2, 0.25) is 0 Å². The molecule has 3 nitrogen and oxygen atoms in total. The van der Waals surface area contributed by atoms with Crippen LogP contribution in [0.4, 0.5) is 0 Å². The summed E-state index contributed by atoms with van der Waals surface area (Å²) < 4.78 is 5.24. The molecule has 3 rings (SSSR count). The Balaban J connectivity index is 1.79. The second kappa shape index (κ2) is 5.41. The van der Waals surface area contributed by atoms with Crippen LogP contribution >= 0.6 is 0 Å². The third-order valence-electron chi connectivity index (χ3n) is 4.22. The summed E-state index contributed by atoms with van der Waals surface area (Å²) in [5.41, 5.74) is 5.22. The lowest BCUT2D eigenvalue weighted by atomic mass is 10.0. The van der Waals surface area contributed by atoms with Crippen LogP contribution in [0, 0.1) is 20.8 Å². The van der Waals surface area contributed by atoms with Gasteiger partial charge in [0.15, 0.2) is 0 Å². The third kappa shape index (κ3) is 2.63. The fraction of sp³-hybridized carbons (Fsp3) is 0.471. The lowest BCUT2D eigenvalue weighted by Gasteiger charge is -2.23. The van der Waals surface area contributed by atoms with Crippen molar-refractivity contribution < 1.29 is 4.52 Å². The summed E-state index contributed by atoms with van der Waals surface area (Å²) in [7, 11) is 0. The van der Waals surface area contributed by atoms with Gasteiger partial charge in [-0.25, -0.2) is 0 Å². The maximum Gasteiger partial charge on any atom is 0.133 e. The number of aromatic nitrogens is 1. The number of aryl methyl sites for hydroxylation is 3. The lowest BCUT2D eigenvalue weighted by molar-refractivity contribution is 0.236. The molecule has 2 heterocycles. The molecule has 1 fully saturated rings. The monoisotopic (exact) mass is 270 g/mol. The summed E-state index contributed by atoms with van der Waals surface area (Å²) in [6.07, 6.45) is 2.42. The lowest BCUT2D eigenvalue weighted by Crippen LogP contribution is -2.23. The number of rotatable bonds is 3. The highest BCUT2D eigenvalue weighted by molar-refractivity contribution is 5.30. The largest absolute Gasteiger partial charge is 0.361 e. The Bertz CT molecular complexity index is 603. The van der Waals surface area contributed by atoms with Gasteiger partial charge in [-0.15, -0.1) is 0 Å². The average molecular weight is 270 g/mol. The first kappa shape index (κ1) is 13.4. The quantitative estimate of drug-likeness (QED) is 0.846. The first-order valence-electron chi connectivity index (χ1n) is 7.37. The number of benzene rings is 1. The highest BCUT2D eigenvalue weighted by Crippen LogP contribution is 2.33. The molecule has 1 aromatic carbocycles. The summed E-state index contributed by atoms with van der Waals surface area (Å²) in [5, 5.41) is 4.21. The predicted molar refractivity (Wildman–Crippen MR) is 79.5 cm³/mol. The normalized spacial score (nSPS) is 19.6. The van der Waals surface area contributed by atoms with E-state index in [2.05, 4.69) is 48.2 Å². The van der Waals surface area contributed by atoms with Crippen LogP contribution in [0.15, 0.2) is 28.8 Å². The number of hydrogen-bond acceptors (Lipinski definition) is 3. The van der Waals surface area contributed by atoms with Gasteiger partial charge in [-0.3, -0.25) is 4.90 Å². The number of likely N-dealkylation sites (tertiary alicyclic amines) is 1. The van der Waals surface area contributed by atoms with E-state index < -0.39 is 0 Å². The summed E-state index contributed by atoms with van der Waals surface area (Å²) in [5.74, 6) is 0.901. The van der Waals surface area contributed by atoms with Gasteiger partial charge in [0.2, 0.25) is 0 Å². The molecule has 2 aromatic rings. The van der Waals surface area contributed by atoms with E-state index in [4.69, 9.17) is 4.52 Å². The Labute approximate surface area is 120 Å². The van der Waals surface area contributed by atoms with Gasteiger partial charge in [-0.05, 0) is 51.3 Å². The molecule has 0 N–H and O–H groups in total. The van der Waals surface area contributed by atoms with Crippen LogP contribution in [0.1, 0.15) is 47.0 Å². The molecule has 1 saturated heterocycles. The molecule has 0 radical (unpaired) electrons. The molecule has 106 valence electrons. The Hall–Kier alpha value is -1.61. The van der Waals surface area contributed by atoms with Gasteiger partial charge in [0.25, 0.3) is 0 Å². The zero-order valence-corrected chi connectivity index (χ0v) is 12.5. The van der Waals surface area contributed by atoms with Crippen molar-refractivity contribution in [2.45, 2.75) is 46.2 Å². The van der Waals surface area contributed by atoms with Crippen molar-refractivity contribution in [2.75, 3.05) is 6.54 Å². The Morgan fingerprint density at radius 2 is 2.10 bits per heavy atom. The first-order chi connectivity index (χ1) is 9.63. The van der Waals surface area contributed by atoms with Gasteiger partial charge in [0.05, 0.1) is 6.04 Å². The minimum Gasteiger partial charge on any atom is -0.361 e. The summed E-state index contributed by atoms with van der Waals surface area (Å²) in [6, 6.07) is 9.21. The van der Waals surface area contributed by atoms with Crippen LogP contribution in [0.25, 0.3) is 0 Å². The molecule has 20 heavy (non-hydrogen) atoms. The van der Waals surface area contributed by atoms with Gasteiger partial charge >= 0.3 is 0 Å². The summed E-state index contributed by atoms with van der Waals surface area (Å²) in [4.78, 5) is 2.52. The van der Waals surface area contributed by atoms with Crippen LogP contribution in [0.5, 0.6) is 0 Å². The second-order valence-electron chi connectivity index (χ2n) is 5.92. The van der Waals surface area contributed by atoms with Crippen molar-refractivity contribution in [3.8, 4) is 0 Å². The Morgan fingerprint density at radius 3 is 2.80 bits per heavy atom. The predicted octanol–water partition coefficient (Wildman–Crippen LogP) is 3.94. The average Bonchev–Trinajstić information content (AvgIpc) is 3.01. The maximum absolute atomic E-state index is 5.24. The standard InChI is InChI=1S/C17H22N2O/c1-12-6-7-15(13(2)9-12)11-19-8-4-5-17(19)16-10-14(3)20-18-16/h6-7,9-10,17H,4-5,8,11H2,1-3H3. The number of hydrogen-bond donors (Lipinski definition) is 0. The molecule has 0 bridgehead atoms. The van der Waals surface area contributed by atoms with Gasteiger partial charge < -0.3 is 4.52 Å². The SMILES string of the molecule is Cc1ccc(CN2CCCC2c2cc(C)on2)c(C)c1. The van der Waals surface area contributed by atoms with Crippen molar-refractivity contribution in [3.63, 3.8) is 0 Å². The minimum absolute atomic E-state index is 0.410. The Morgan fingerprint density at radius 1 is 1.25 bits per heavy atom. The molecule has 3 heteroatoms. The van der Waals surface area contributed by atoms with Gasteiger partial charge in [-0.2, -0.15) is 0 Å². The van der Waals surface area contributed by atoms with Crippen LogP contribution in [-0.4, -0.2) is 16.6 Å². The van der Waals surface area contributed by atoms with Crippen molar-refractivity contribution in [1.29, 1.82) is 0 Å². The van der Waals surface area contributed by atoms with E-state index >= 15 is 0 Å².